The zero-order valence-electron chi connectivity index (χ0n) is 11.0. The molecule has 0 spiro atoms. The number of ether oxygens (including phenoxy) is 1. The summed E-state index contributed by atoms with van der Waals surface area (Å²) in [7, 11) is 0. The van der Waals surface area contributed by atoms with Gasteiger partial charge in [0.15, 0.2) is 5.96 Å². The van der Waals surface area contributed by atoms with E-state index < -0.39 is 0 Å². The van der Waals surface area contributed by atoms with Gasteiger partial charge in [-0.2, -0.15) is 0 Å². The Labute approximate surface area is 99.7 Å². The predicted molar refractivity (Wildman–Crippen MR) is 69.7 cm³/mol. The first kappa shape index (κ1) is 15.2. The molecule has 0 saturated heterocycles. The average molecular weight is 229 g/mol. The summed E-state index contributed by atoms with van der Waals surface area (Å²) in [6, 6.07) is 0. The topological polar surface area (TPSA) is 59.6 Å². The zero-order chi connectivity index (χ0) is 12.2. The molecule has 0 saturated carbocycles. The third-order valence-electron chi connectivity index (χ3n) is 2.65. The van der Waals surface area contributed by atoms with Crippen LogP contribution in [-0.4, -0.2) is 32.3 Å². The molecule has 4 nitrogen and oxygen atoms in total. The Hall–Kier alpha value is -0.770. The summed E-state index contributed by atoms with van der Waals surface area (Å²) < 4.78 is 5.23. The van der Waals surface area contributed by atoms with Crippen molar-refractivity contribution in [2.24, 2.45) is 16.6 Å². The lowest BCUT2D eigenvalue weighted by molar-refractivity contribution is 0.145. The quantitative estimate of drug-likeness (QED) is 0.360. The van der Waals surface area contributed by atoms with E-state index in [9.17, 15) is 0 Å². The lowest BCUT2D eigenvalue weighted by Crippen LogP contribution is -2.33. The van der Waals surface area contributed by atoms with Crippen LogP contribution in [0.5, 0.6) is 0 Å². The van der Waals surface area contributed by atoms with Crippen LogP contribution in [-0.2, 0) is 4.74 Å². The van der Waals surface area contributed by atoms with Crippen molar-refractivity contribution in [1.82, 2.24) is 5.32 Å². The van der Waals surface area contributed by atoms with Crippen molar-refractivity contribution in [3.05, 3.63) is 0 Å². The van der Waals surface area contributed by atoms with Crippen molar-refractivity contribution in [2.45, 2.75) is 40.0 Å². The minimum absolute atomic E-state index is 0.559. The maximum absolute atomic E-state index is 5.74. The van der Waals surface area contributed by atoms with Crippen LogP contribution in [0.1, 0.15) is 40.0 Å². The number of rotatable bonds is 9. The summed E-state index contributed by atoms with van der Waals surface area (Å²) in [6.45, 7) is 9.60. The van der Waals surface area contributed by atoms with Crippen molar-refractivity contribution in [2.75, 3.05) is 26.3 Å². The molecule has 0 aliphatic carbocycles. The molecule has 0 unspecified atom stereocenters. The third-order valence-corrected chi connectivity index (χ3v) is 2.65. The van der Waals surface area contributed by atoms with Crippen LogP contribution in [0, 0.1) is 5.92 Å². The Balaban J connectivity index is 3.54. The van der Waals surface area contributed by atoms with Crippen LogP contribution < -0.4 is 11.1 Å². The first-order chi connectivity index (χ1) is 7.74. The number of hydrogen-bond acceptors (Lipinski definition) is 2. The van der Waals surface area contributed by atoms with Gasteiger partial charge in [-0.25, -0.2) is 0 Å². The second-order valence-corrected chi connectivity index (χ2v) is 3.89. The van der Waals surface area contributed by atoms with E-state index in [0.717, 1.165) is 45.6 Å². The Bertz CT molecular complexity index is 179. The minimum atomic E-state index is 0.559. The van der Waals surface area contributed by atoms with Gasteiger partial charge >= 0.3 is 0 Å². The Morgan fingerprint density at radius 3 is 2.56 bits per heavy atom. The van der Waals surface area contributed by atoms with E-state index in [-0.39, 0.29) is 0 Å². The molecule has 0 aliphatic heterocycles. The fraction of sp³-hybridized carbons (Fsp3) is 0.917. The molecular weight excluding hydrogens is 202 g/mol. The Morgan fingerprint density at radius 2 is 2.00 bits per heavy atom. The standard InChI is InChI=1S/C12H27N3O/c1-4-11(5-2)10-15-12(13)14-8-7-9-16-6-3/h11H,4-10H2,1-3H3,(H3,13,14,15). The van der Waals surface area contributed by atoms with Gasteiger partial charge in [-0.1, -0.05) is 26.7 Å². The fourth-order valence-corrected chi connectivity index (χ4v) is 1.37. The van der Waals surface area contributed by atoms with E-state index in [2.05, 4.69) is 24.2 Å². The van der Waals surface area contributed by atoms with E-state index in [0.29, 0.717) is 11.9 Å². The number of nitrogens with two attached hydrogens (primary N) is 1. The lowest BCUT2D eigenvalue weighted by Gasteiger charge is -2.10. The van der Waals surface area contributed by atoms with E-state index in [1.165, 1.54) is 0 Å². The van der Waals surface area contributed by atoms with Crippen molar-refractivity contribution in [1.29, 1.82) is 0 Å². The van der Waals surface area contributed by atoms with Crippen molar-refractivity contribution < 1.29 is 4.74 Å². The highest BCUT2D eigenvalue weighted by molar-refractivity contribution is 5.77. The molecule has 0 aromatic heterocycles. The van der Waals surface area contributed by atoms with Gasteiger partial charge < -0.3 is 15.8 Å². The van der Waals surface area contributed by atoms with Crippen LogP contribution in [0.2, 0.25) is 0 Å². The number of aliphatic imine (C=N–C) groups is 1. The minimum Gasteiger partial charge on any atom is -0.382 e. The highest BCUT2D eigenvalue weighted by Crippen LogP contribution is 2.06. The van der Waals surface area contributed by atoms with Crippen LogP contribution in [0.4, 0.5) is 0 Å². The molecule has 96 valence electrons. The summed E-state index contributed by atoms with van der Waals surface area (Å²) in [5.41, 5.74) is 5.74. The van der Waals surface area contributed by atoms with Crippen molar-refractivity contribution in [3.8, 4) is 0 Å². The van der Waals surface area contributed by atoms with Gasteiger partial charge in [0.25, 0.3) is 0 Å². The predicted octanol–water partition coefficient (Wildman–Crippen LogP) is 1.75. The normalized spacial score (nSPS) is 12.1. The van der Waals surface area contributed by atoms with Gasteiger partial charge in [-0.3, -0.25) is 4.99 Å². The van der Waals surface area contributed by atoms with Crippen LogP contribution in [0.25, 0.3) is 0 Å². The molecule has 0 fully saturated rings. The van der Waals surface area contributed by atoms with Gasteiger partial charge in [0, 0.05) is 26.3 Å². The smallest absolute Gasteiger partial charge is 0.188 e. The number of nitrogens with zero attached hydrogens (tertiary/aromatic N) is 1. The molecule has 0 atom stereocenters. The monoisotopic (exact) mass is 229 g/mol. The highest BCUT2D eigenvalue weighted by atomic mass is 16.5. The molecule has 4 heteroatoms. The van der Waals surface area contributed by atoms with Crippen LogP contribution in [0.15, 0.2) is 4.99 Å². The Morgan fingerprint density at radius 1 is 1.31 bits per heavy atom. The third kappa shape index (κ3) is 8.53. The summed E-state index contributed by atoms with van der Waals surface area (Å²) in [5.74, 6) is 1.21. The molecule has 0 radical (unpaired) electrons. The molecule has 3 N–H and O–H groups in total. The van der Waals surface area contributed by atoms with Gasteiger partial charge in [0.2, 0.25) is 0 Å². The van der Waals surface area contributed by atoms with Gasteiger partial charge in [-0.15, -0.1) is 0 Å². The molecule has 16 heavy (non-hydrogen) atoms. The molecule has 0 amide bonds. The molecule has 0 aliphatic rings. The molecule has 0 aromatic carbocycles. The SMILES string of the molecule is CCOCCCNC(N)=NCC(CC)CC. The lowest BCUT2D eigenvalue weighted by atomic mass is 10.0. The van der Waals surface area contributed by atoms with E-state index in [1.54, 1.807) is 0 Å². The second kappa shape index (κ2) is 10.7. The highest BCUT2D eigenvalue weighted by Gasteiger charge is 2.01. The number of nitrogens with one attached hydrogen (secondary N) is 1. The van der Waals surface area contributed by atoms with Crippen molar-refractivity contribution in [3.63, 3.8) is 0 Å². The molecule has 0 bridgehead atoms. The van der Waals surface area contributed by atoms with Gasteiger partial charge in [-0.05, 0) is 19.3 Å². The Kier molecular flexibility index (Phi) is 10.2. The largest absolute Gasteiger partial charge is 0.382 e. The van der Waals surface area contributed by atoms with E-state index in [1.807, 2.05) is 6.92 Å². The molecule has 0 rings (SSSR count). The number of hydrogen-bond donors (Lipinski definition) is 2. The molecular formula is C12H27N3O. The summed E-state index contributed by atoms with van der Waals surface area (Å²) >= 11 is 0. The molecule has 0 heterocycles. The maximum atomic E-state index is 5.74. The van der Waals surface area contributed by atoms with Gasteiger partial charge in [0.05, 0.1) is 0 Å². The average Bonchev–Trinajstić information content (AvgIpc) is 2.30. The van der Waals surface area contributed by atoms with E-state index in [4.69, 9.17) is 10.5 Å². The first-order valence-corrected chi connectivity index (χ1v) is 6.36. The zero-order valence-corrected chi connectivity index (χ0v) is 11.0. The van der Waals surface area contributed by atoms with Crippen molar-refractivity contribution >= 4 is 5.96 Å². The summed E-state index contributed by atoms with van der Waals surface area (Å²) in [5, 5.41) is 3.09. The van der Waals surface area contributed by atoms with Gasteiger partial charge in [0.1, 0.15) is 0 Å². The van der Waals surface area contributed by atoms with Crippen LogP contribution in [0.3, 0.4) is 0 Å². The fourth-order valence-electron chi connectivity index (χ4n) is 1.37. The summed E-state index contributed by atoms with van der Waals surface area (Å²) in [6.07, 6.45) is 3.30. The first-order valence-electron chi connectivity index (χ1n) is 6.36. The molecule has 0 aromatic rings. The second-order valence-electron chi connectivity index (χ2n) is 3.89. The van der Waals surface area contributed by atoms with Crippen LogP contribution >= 0.6 is 0 Å². The maximum Gasteiger partial charge on any atom is 0.188 e. The number of guanidine groups is 1. The van der Waals surface area contributed by atoms with E-state index >= 15 is 0 Å². The summed E-state index contributed by atoms with van der Waals surface area (Å²) in [4.78, 5) is 4.33.